The first kappa shape index (κ1) is 13.2. The predicted molar refractivity (Wildman–Crippen MR) is 85.1 cm³/mol. The Bertz CT molecular complexity index is 726. The Labute approximate surface area is 124 Å². The molecule has 3 aromatic rings. The topological polar surface area (TPSA) is 17.8 Å². The lowest BCUT2D eigenvalue weighted by atomic mass is 10.1. The molecule has 0 bridgehead atoms. The SMILES string of the molecule is CC(C)n1c(-c2ccc(CCl)cc2)nc2ccccc21. The molecule has 0 atom stereocenters. The molecule has 3 heteroatoms. The highest BCUT2D eigenvalue weighted by molar-refractivity contribution is 6.17. The Morgan fingerprint density at radius 2 is 1.75 bits per heavy atom. The summed E-state index contributed by atoms with van der Waals surface area (Å²) in [7, 11) is 0. The second kappa shape index (κ2) is 5.29. The Hall–Kier alpha value is -1.80. The largest absolute Gasteiger partial charge is 0.321 e. The average Bonchev–Trinajstić information content (AvgIpc) is 2.86. The molecule has 1 heterocycles. The molecule has 0 N–H and O–H groups in total. The number of hydrogen-bond acceptors (Lipinski definition) is 1. The quantitative estimate of drug-likeness (QED) is 0.617. The summed E-state index contributed by atoms with van der Waals surface area (Å²) in [6.07, 6.45) is 0. The molecule has 102 valence electrons. The van der Waals surface area contributed by atoms with Crippen molar-refractivity contribution in [2.24, 2.45) is 0 Å². The van der Waals surface area contributed by atoms with Crippen LogP contribution < -0.4 is 0 Å². The van der Waals surface area contributed by atoms with E-state index >= 15 is 0 Å². The van der Waals surface area contributed by atoms with Gasteiger partial charge in [0.25, 0.3) is 0 Å². The molecular formula is C17H17ClN2. The number of aromatic nitrogens is 2. The smallest absolute Gasteiger partial charge is 0.141 e. The molecular weight excluding hydrogens is 268 g/mol. The molecule has 1 aromatic heterocycles. The molecule has 0 amide bonds. The van der Waals surface area contributed by atoms with Crippen molar-refractivity contribution in [2.75, 3.05) is 0 Å². The van der Waals surface area contributed by atoms with Crippen molar-refractivity contribution in [3.05, 3.63) is 54.1 Å². The number of para-hydroxylation sites is 2. The summed E-state index contributed by atoms with van der Waals surface area (Å²) in [6.45, 7) is 4.37. The standard InChI is InChI=1S/C17H17ClN2/c1-12(2)20-16-6-4-3-5-15(16)19-17(20)14-9-7-13(11-18)8-10-14/h3-10,12H,11H2,1-2H3. The summed E-state index contributed by atoms with van der Waals surface area (Å²) >= 11 is 5.85. The van der Waals surface area contributed by atoms with Crippen molar-refractivity contribution < 1.29 is 0 Å². The second-order valence-corrected chi connectivity index (χ2v) is 5.49. The highest BCUT2D eigenvalue weighted by atomic mass is 35.5. The number of rotatable bonds is 3. The van der Waals surface area contributed by atoms with Crippen LogP contribution in [0.15, 0.2) is 48.5 Å². The van der Waals surface area contributed by atoms with E-state index in [9.17, 15) is 0 Å². The minimum atomic E-state index is 0.366. The van der Waals surface area contributed by atoms with Crippen molar-refractivity contribution in [3.8, 4) is 11.4 Å². The maximum absolute atomic E-state index is 5.85. The maximum Gasteiger partial charge on any atom is 0.141 e. The fraction of sp³-hybridized carbons (Fsp3) is 0.235. The summed E-state index contributed by atoms with van der Waals surface area (Å²) in [5.41, 5.74) is 4.47. The van der Waals surface area contributed by atoms with E-state index < -0.39 is 0 Å². The van der Waals surface area contributed by atoms with Gasteiger partial charge in [-0.25, -0.2) is 4.98 Å². The van der Waals surface area contributed by atoms with Crippen molar-refractivity contribution >= 4 is 22.6 Å². The zero-order chi connectivity index (χ0) is 14.1. The number of halogens is 1. The van der Waals surface area contributed by atoms with Crippen molar-refractivity contribution in [2.45, 2.75) is 25.8 Å². The summed E-state index contributed by atoms with van der Waals surface area (Å²) in [5.74, 6) is 1.56. The fourth-order valence-electron chi connectivity index (χ4n) is 2.51. The van der Waals surface area contributed by atoms with E-state index in [2.05, 4.69) is 60.9 Å². The monoisotopic (exact) mass is 284 g/mol. The van der Waals surface area contributed by atoms with Crippen LogP contribution in [0.4, 0.5) is 0 Å². The predicted octanol–water partition coefficient (Wildman–Crippen LogP) is 5.02. The van der Waals surface area contributed by atoms with E-state index in [1.165, 1.54) is 5.52 Å². The van der Waals surface area contributed by atoms with Crippen LogP contribution in [0.25, 0.3) is 22.4 Å². The maximum atomic E-state index is 5.85. The minimum Gasteiger partial charge on any atom is -0.321 e. The molecule has 0 aliphatic carbocycles. The molecule has 0 saturated carbocycles. The first-order valence-electron chi connectivity index (χ1n) is 6.83. The number of hydrogen-bond donors (Lipinski definition) is 0. The molecule has 3 rings (SSSR count). The van der Waals surface area contributed by atoms with Crippen molar-refractivity contribution in [1.29, 1.82) is 0 Å². The zero-order valence-electron chi connectivity index (χ0n) is 11.7. The number of imidazole rings is 1. The molecule has 2 aromatic carbocycles. The zero-order valence-corrected chi connectivity index (χ0v) is 12.4. The minimum absolute atomic E-state index is 0.366. The highest BCUT2D eigenvalue weighted by Gasteiger charge is 2.14. The molecule has 0 spiro atoms. The number of alkyl halides is 1. The normalized spacial score (nSPS) is 11.4. The lowest BCUT2D eigenvalue weighted by Gasteiger charge is -2.13. The van der Waals surface area contributed by atoms with Crippen molar-refractivity contribution in [3.63, 3.8) is 0 Å². The van der Waals surface area contributed by atoms with Crippen molar-refractivity contribution in [1.82, 2.24) is 9.55 Å². The van der Waals surface area contributed by atoms with Gasteiger partial charge in [0.1, 0.15) is 5.82 Å². The van der Waals surface area contributed by atoms with E-state index in [-0.39, 0.29) is 0 Å². The van der Waals surface area contributed by atoms with Crippen LogP contribution in [0.2, 0.25) is 0 Å². The number of nitrogens with zero attached hydrogens (tertiary/aromatic N) is 2. The lowest BCUT2D eigenvalue weighted by molar-refractivity contribution is 0.624. The molecule has 0 aliphatic rings. The van der Waals surface area contributed by atoms with Gasteiger partial charge in [-0.1, -0.05) is 36.4 Å². The van der Waals surface area contributed by atoms with Crippen LogP contribution in [0.3, 0.4) is 0 Å². The summed E-state index contributed by atoms with van der Waals surface area (Å²) in [5, 5.41) is 0. The lowest BCUT2D eigenvalue weighted by Crippen LogP contribution is -2.03. The van der Waals surface area contributed by atoms with Crippen LogP contribution in [-0.4, -0.2) is 9.55 Å². The third kappa shape index (κ3) is 2.20. The van der Waals surface area contributed by atoms with E-state index in [0.29, 0.717) is 11.9 Å². The van der Waals surface area contributed by atoms with E-state index in [4.69, 9.17) is 16.6 Å². The fourth-order valence-corrected chi connectivity index (χ4v) is 2.69. The first-order chi connectivity index (χ1) is 9.70. The van der Waals surface area contributed by atoms with Gasteiger partial charge in [0.2, 0.25) is 0 Å². The third-order valence-corrected chi connectivity index (χ3v) is 3.79. The molecule has 0 fully saturated rings. The first-order valence-corrected chi connectivity index (χ1v) is 7.36. The molecule has 0 unspecified atom stereocenters. The van der Waals surface area contributed by atoms with Crippen LogP contribution in [-0.2, 0) is 5.88 Å². The van der Waals surface area contributed by atoms with Gasteiger partial charge in [-0.15, -0.1) is 11.6 Å². The van der Waals surface area contributed by atoms with Gasteiger partial charge in [0.05, 0.1) is 11.0 Å². The van der Waals surface area contributed by atoms with Crippen LogP contribution in [0.1, 0.15) is 25.5 Å². The third-order valence-electron chi connectivity index (χ3n) is 3.48. The second-order valence-electron chi connectivity index (χ2n) is 5.22. The van der Waals surface area contributed by atoms with Gasteiger partial charge in [0.15, 0.2) is 0 Å². The van der Waals surface area contributed by atoms with Crippen LogP contribution >= 0.6 is 11.6 Å². The molecule has 0 saturated heterocycles. The highest BCUT2D eigenvalue weighted by Crippen LogP contribution is 2.28. The van der Waals surface area contributed by atoms with Gasteiger partial charge in [-0.2, -0.15) is 0 Å². The molecule has 2 nitrogen and oxygen atoms in total. The average molecular weight is 285 g/mol. The number of benzene rings is 2. The molecule has 0 radical (unpaired) electrons. The van der Waals surface area contributed by atoms with Gasteiger partial charge >= 0.3 is 0 Å². The van der Waals surface area contributed by atoms with E-state index in [0.717, 1.165) is 22.5 Å². The Balaban J connectivity index is 2.21. The molecule has 0 aliphatic heterocycles. The Kier molecular flexibility index (Phi) is 3.49. The Morgan fingerprint density at radius 1 is 1.05 bits per heavy atom. The Morgan fingerprint density at radius 3 is 2.40 bits per heavy atom. The van der Waals surface area contributed by atoms with Crippen LogP contribution in [0, 0.1) is 0 Å². The van der Waals surface area contributed by atoms with Gasteiger partial charge in [-0.05, 0) is 31.5 Å². The summed E-state index contributed by atoms with van der Waals surface area (Å²) in [6, 6.07) is 17.0. The van der Waals surface area contributed by atoms with Gasteiger partial charge in [-0.3, -0.25) is 0 Å². The van der Waals surface area contributed by atoms with Gasteiger partial charge < -0.3 is 4.57 Å². The van der Waals surface area contributed by atoms with E-state index in [1.54, 1.807) is 0 Å². The van der Waals surface area contributed by atoms with Crippen LogP contribution in [0.5, 0.6) is 0 Å². The van der Waals surface area contributed by atoms with E-state index in [1.807, 2.05) is 6.07 Å². The summed E-state index contributed by atoms with van der Waals surface area (Å²) < 4.78 is 2.28. The molecule has 20 heavy (non-hydrogen) atoms. The number of fused-ring (bicyclic) bond motifs is 1. The van der Waals surface area contributed by atoms with Gasteiger partial charge in [0, 0.05) is 17.5 Å². The summed E-state index contributed by atoms with van der Waals surface area (Å²) in [4.78, 5) is 4.79.